The van der Waals surface area contributed by atoms with Crippen molar-refractivity contribution in [2.24, 2.45) is 0 Å². The number of hydrogen-bond donors (Lipinski definition) is 0. The lowest BCUT2D eigenvalue weighted by Gasteiger charge is -2.30. The van der Waals surface area contributed by atoms with E-state index in [0.717, 1.165) is 21.8 Å². The molecule has 1 aromatic heterocycles. The molecule has 24 heavy (non-hydrogen) atoms. The van der Waals surface area contributed by atoms with Crippen LogP contribution in [0, 0.1) is 0 Å². The Bertz CT molecular complexity index is 705. The monoisotopic (exact) mass is 345 g/mol. The maximum atomic E-state index is 12.6. The molecular formula is C19H27N3OS. The van der Waals surface area contributed by atoms with Gasteiger partial charge >= 0.3 is 0 Å². The van der Waals surface area contributed by atoms with Crippen LogP contribution in [-0.4, -0.2) is 38.6 Å². The quantitative estimate of drug-likeness (QED) is 0.571. The zero-order valence-electron chi connectivity index (χ0n) is 15.4. The van der Waals surface area contributed by atoms with Gasteiger partial charge in [0, 0.05) is 23.4 Å². The first-order chi connectivity index (χ1) is 11.3. The summed E-state index contributed by atoms with van der Waals surface area (Å²) in [7, 11) is 0. The zero-order valence-corrected chi connectivity index (χ0v) is 16.2. The molecule has 1 heterocycles. The summed E-state index contributed by atoms with van der Waals surface area (Å²) in [5.74, 6) is 1.63. The van der Waals surface area contributed by atoms with Crippen LogP contribution in [0.4, 0.5) is 0 Å². The van der Waals surface area contributed by atoms with E-state index in [1.165, 1.54) is 11.8 Å². The van der Waals surface area contributed by atoms with Crippen LogP contribution in [0.1, 0.15) is 53.3 Å². The molecule has 0 unspecified atom stereocenters. The van der Waals surface area contributed by atoms with Crippen LogP contribution < -0.4 is 0 Å². The normalized spacial score (nSPS) is 11.7. The fourth-order valence-corrected chi connectivity index (χ4v) is 3.71. The Labute approximate surface area is 149 Å². The number of fused-ring (bicyclic) bond motifs is 1. The number of carbonyl (C=O) groups is 1. The molecule has 2 rings (SSSR count). The second-order valence-corrected chi connectivity index (χ2v) is 7.80. The predicted molar refractivity (Wildman–Crippen MR) is 101 cm³/mol. The smallest absolute Gasteiger partial charge is 0.233 e. The number of carbonyl (C=O) groups excluding carboxylic acids is 1. The average Bonchev–Trinajstić information content (AvgIpc) is 2.51. The molecule has 0 spiro atoms. The second-order valence-electron chi connectivity index (χ2n) is 6.84. The maximum absolute atomic E-state index is 12.6. The topological polar surface area (TPSA) is 46.1 Å². The van der Waals surface area contributed by atoms with E-state index >= 15 is 0 Å². The van der Waals surface area contributed by atoms with Crippen molar-refractivity contribution in [2.75, 3.05) is 5.75 Å². The largest absolute Gasteiger partial charge is 0.337 e. The van der Waals surface area contributed by atoms with Crippen molar-refractivity contribution in [3.8, 4) is 0 Å². The van der Waals surface area contributed by atoms with Crippen molar-refractivity contribution in [2.45, 2.75) is 64.6 Å². The lowest BCUT2D eigenvalue weighted by Crippen LogP contribution is -2.43. The molecule has 0 radical (unpaired) electrons. The SMILES string of the molecule is CC(C)c1nc(SCC(=O)N(C(C)C)C(C)C)c2ccccc2n1. The van der Waals surface area contributed by atoms with Crippen LogP contribution in [-0.2, 0) is 4.79 Å². The summed E-state index contributed by atoms with van der Waals surface area (Å²) in [6, 6.07) is 8.40. The summed E-state index contributed by atoms with van der Waals surface area (Å²) in [6.07, 6.45) is 0. The van der Waals surface area contributed by atoms with Crippen molar-refractivity contribution in [1.29, 1.82) is 0 Å². The van der Waals surface area contributed by atoms with Crippen molar-refractivity contribution in [3.05, 3.63) is 30.1 Å². The number of amides is 1. The summed E-state index contributed by atoms with van der Waals surface area (Å²) in [6.45, 7) is 12.4. The molecule has 0 atom stereocenters. The van der Waals surface area contributed by atoms with Crippen molar-refractivity contribution >= 4 is 28.6 Å². The third kappa shape index (κ3) is 4.26. The molecule has 0 aliphatic heterocycles. The van der Waals surface area contributed by atoms with Gasteiger partial charge in [-0.1, -0.05) is 43.8 Å². The molecule has 4 nitrogen and oxygen atoms in total. The number of thioether (sulfide) groups is 1. The molecule has 1 aromatic carbocycles. The Kier molecular flexibility index (Phi) is 6.21. The van der Waals surface area contributed by atoms with E-state index in [-0.39, 0.29) is 23.9 Å². The summed E-state index contributed by atoms with van der Waals surface area (Å²) < 4.78 is 0. The van der Waals surface area contributed by atoms with Crippen molar-refractivity contribution in [3.63, 3.8) is 0 Å². The van der Waals surface area contributed by atoms with Crippen molar-refractivity contribution in [1.82, 2.24) is 14.9 Å². The standard InChI is InChI=1S/C19H27N3OS/c1-12(2)18-20-16-10-8-7-9-15(16)19(21-18)24-11-17(23)22(13(3)4)14(5)6/h7-10,12-14H,11H2,1-6H3. The first-order valence-corrected chi connectivity index (χ1v) is 9.50. The number of aromatic nitrogens is 2. The van der Waals surface area contributed by atoms with Crippen molar-refractivity contribution < 1.29 is 4.79 Å². The Morgan fingerprint density at radius 2 is 1.67 bits per heavy atom. The number of para-hydroxylation sites is 1. The highest BCUT2D eigenvalue weighted by molar-refractivity contribution is 8.00. The molecule has 2 aromatic rings. The van der Waals surface area contributed by atoms with Crippen LogP contribution in [0.2, 0.25) is 0 Å². The Morgan fingerprint density at radius 1 is 1.04 bits per heavy atom. The minimum absolute atomic E-state index is 0.152. The molecule has 0 N–H and O–H groups in total. The van der Waals surface area contributed by atoms with Gasteiger partial charge in [0.05, 0.1) is 11.3 Å². The fraction of sp³-hybridized carbons (Fsp3) is 0.526. The van der Waals surface area contributed by atoms with E-state index in [0.29, 0.717) is 5.75 Å². The lowest BCUT2D eigenvalue weighted by molar-refractivity contribution is -0.131. The highest BCUT2D eigenvalue weighted by atomic mass is 32.2. The maximum Gasteiger partial charge on any atom is 0.233 e. The number of rotatable bonds is 6. The van der Waals surface area contributed by atoms with Gasteiger partial charge in [0.25, 0.3) is 0 Å². The summed E-state index contributed by atoms with van der Waals surface area (Å²) in [5, 5.41) is 1.91. The lowest BCUT2D eigenvalue weighted by atomic mass is 10.2. The molecule has 5 heteroatoms. The molecule has 0 aliphatic carbocycles. The van der Waals surface area contributed by atoms with Gasteiger partial charge in [-0.15, -0.1) is 0 Å². The van der Waals surface area contributed by atoms with Gasteiger partial charge < -0.3 is 4.90 Å². The van der Waals surface area contributed by atoms with Gasteiger partial charge in [0.1, 0.15) is 10.9 Å². The molecule has 130 valence electrons. The fourth-order valence-electron chi connectivity index (χ4n) is 2.81. The van der Waals surface area contributed by atoms with Gasteiger partial charge in [0.15, 0.2) is 0 Å². The van der Waals surface area contributed by atoms with Crippen LogP contribution in [0.25, 0.3) is 10.9 Å². The molecule has 0 saturated carbocycles. The van der Waals surface area contributed by atoms with Gasteiger partial charge in [-0.25, -0.2) is 9.97 Å². The minimum Gasteiger partial charge on any atom is -0.337 e. The Hall–Kier alpha value is -1.62. The van der Waals surface area contributed by atoms with Crippen LogP contribution in [0.5, 0.6) is 0 Å². The second kappa shape index (κ2) is 7.97. The van der Waals surface area contributed by atoms with Gasteiger partial charge in [-0.2, -0.15) is 0 Å². The van der Waals surface area contributed by atoms with Gasteiger partial charge in [0.2, 0.25) is 5.91 Å². The molecular weight excluding hydrogens is 318 g/mol. The van der Waals surface area contributed by atoms with E-state index in [2.05, 4.69) is 46.5 Å². The minimum atomic E-state index is 0.152. The third-order valence-corrected chi connectivity index (χ3v) is 4.81. The van der Waals surface area contributed by atoms with Gasteiger partial charge in [-0.3, -0.25) is 4.79 Å². The number of nitrogens with zero attached hydrogens (tertiary/aromatic N) is 3. The predicted octanol–water partition coefficient (Wildman–Crippen LogP) is 4.49. The van der Waals surface area contributed by atoms with Gasteiger partial charge in [-0.05, 0) is 33.8 Å². The zero-order chi connectivity index (χ0) is 17.9. The highest BCUT2D eigenvalue weighted by Crippen LogP contribution is 2.27. The number of hydrogen-bond acceptors (Lipinski definition) is 4. The summed E-state index contributed by atoms with van der Waals surface area (Å²) in [5.41, 5.74) is 0.940. The van der Waals surface area contributed by atoms with Crippen LogP contribution >= 0.6 is 11.8 Å². The molecule has 1 amide bonds. The van der Waals surface area contributed by atoms with E-state index in [1.807, 2.05) is 29.2 Å². The molecule has 0 fully saturated rings. The summed E-state index contributed by atoms with van der Waals surface area (Å²) in [4.78, 5) is 23.9. The number of benzene rings is 1. The highest BCUT2D eigenvalue weighted by Gasteiger charge is 2.21. The van der Waals surface area contributed by atoms with E-state index in [1.54, 1.807) is 0 Å². The van der Waals surface area contributed by atoms with Crippen LogP contribution in [0.15, 0.2) is 29.3 Å². The van der Waals surface area contributed by atoms with E-state index < -0.39 is 0 Å². The average molecular weight is 346 g/mol. The summed E-state index contributed by atoms with van der Waals surface area (Å²) >= 11 is 1.51. The molecule has 0 saturated heterocycles. The van der Waals surface area contributed by atoms with Crippen LogP contribution in [0.3, 0.4) is 0 Å². The third-order valence-electron chi connectivity index (χ3n) is 3.83. The Morgan fingerprint density at radius 3 is 2.25 bits per heavy atom. The first-order valence-electron chi connectivity index (χ1n) is 8.52. The molecule has 0 bridgehead atoms. The Balaban J connectivity index is 2.27. The van der Waals surface area contributed by atoms with E-state index in [4.69, 9.17) is 4.98 Å². The molecule has 0 aliphatic rings. The first kappa shape index (κ1) is 18.7. The van der Waals surface area contributed by atoms with E-state index in [9.17, 15) is 4.79 Å².